The van der Waals surface area contributed by atoms with Crippen molar-refractivity contribution in [3.05, 3.63) is 53.7 Å². The van der Waals surface area contributed by atoms with Crippen molar-refractivity contribution in [2.24, 2.45) is 7.05 Å². The molecule has 0 saturated carbocycles. The first-order chi connectivity index (χ1) is 17.2. The van der Waals surface area contributed by atoms with E-state index >= 15 is 0 Å². The molecule has 0 radical (unpaired) electrons. The van der Waals surface area contributed by atoms with Gasteiger partial charge in [0, 0.05) is 31.6 Å². The average molecular weight is 533 g/mol. The summed E-state index contributed by atoms with van der Waals surface area (Å²) in [6.45, 7) is 3.29. The minimum atomic E-state index is -4.00. The van der Waals surface area contributed by atoms with Crippen molar-refractivity contribution < 1.29 is 17.9 Å². The Kier molecular flexibility index (Phi) is 7.13. The van der Waals surface area contributed by atoms with E-state index in [4.69, 9.17) is 21.1 Å². The first-order valence-electron chi connectivity index (χ1n) is 10.8. The molecule has 36 heavy (non-hydrogen) atoms. The molecule has 0 spiro atoms. The molecule has 4 aromatic rings. The molecule has 0 bridgehead atoms. The van der Waals surface area contributed by atoms with Gasteiger partial charge in [0.15, 0.2) is 5.82 Å². The number of benzene rings is 1. The zero-order valence-corrected chi connectivity index (χ0v) is 21.8. The largest absolute Gasteiger partial charge is 0.494 e. The predicted octanol–water partition coefficient (Wildman–Crippen LogP) is 3.06. The Labute approximate surface area is 213 Å². The Balaban J connectivity index is 1.81. The van der Waals surface area contributed by atoms with Gasteiger partial charge in [0.25, 0.3) is 0 Å². The molecule has 0 aliphatic heterocycles. The Morgan fingerprint density at radius 1 is 1.03 bits per heavy atom. The van der Waals surface area contributed by atoms with E-state index in [0.717, 1.165) is 0 Å². The molecule has 3 heterocycles. The van der Waals surface area contributed by atoms with Crippen LogP contribution in [0.4, 0.5) is 5.95 Å². The lowest BCUT2D eigenvalue weighted by atomic mass is 10.1. The summed E-state index contributed by atoms with van der Waals surface area (Å²) in [5.41, 5.74) is 0.881. The van der Waals surface area contributed by atoms with E-state index in [-0.39, 0.29) is 11.8 Å². The molecule has 14 heteroatoms. The Morgan fingerprint density at radius 3 is 2.22 bits per heavy atom. The summed E-state index contributed by atoms with van der Waals surface area (Å²) >= 11 is 5.87. The molecular formula is C22H25ClN8O4S. The first-order valence-corrected chi connectivity index (χ1v) is 12.7. The minimum Gasteiger partial charge on any atom is -0.494 e. The van der Waals surface area contributed by atoms with Crippen molar-refractivity contribution in [2.45, 2.75) is 25.0 Å². The van der Waals surface area contributed by atoms with E-state index in [2.05, 4.69) is 30.0 Å². The lowest BCUT2D eigenvalue weighted by Gasteiger charge is -2.21. The van der Waals surface area contributed by atoms with E-state index in [0.29, 0.717) is 33.7 Å². The summed E-state index contributed by atoms with van der Waals surface area (Å²) in [6.07, 6.45) is 4.60. The lowest BCUT2D eigenvalue weighted by molar-refractivity contribution is 0.391. The summed E-state index contributed by atoms with van der Waals surface area (Å²) in [7, 11) is 0.771. The minimum absolute atomic E-state index is 0.0606. The molecule has 0 saturated heterocycles. The Hall–Kier alpha value is -3.71. The number of methoxy groups -OCH3 is 2. The van der Waals surface area contributed by atoms with Crippen LogP contribution in [0.15, 0.2) is 42.9 Å². The SMILES string of the molecule is COc1cccc(OC)c1-n1c(NS(=O)(=O)[C@H](C)[C@@H](C)c2ncc(Cl)cn2)nnc1-c1ccn(C)n1. The molecule has 12 nitrogen and oxygen atoms in total. The third-order valence-electron chi connectivity index (χ3n) is 5.71. The van der Waals surface area contributed by atoms with Gasteiger partial charge in [0.1, 0.15) is 28.7 Å². The number of aromatic nitrogens is 7. The zero-order chi connectivity index (χ0) is 26.0. The fraction of sp³-hybridized carbons (Fsp3) is 0.318. The normalized spacial score (nSPS) is 13.3. The number of hydrogen-bond acceptors (Lipinski definition) is 9. The third-order valence-corrected chi connectivity index (χ3v) is 7.76. The highest BCUT2D eigenvalue weighted by Crippen LogP contribution is 2.37. The summed E-state index contributed by atoms with van der Waals surface area (Å²) in [6, 6.07) is 6.94. The van der Waals surface area contributed by atoms with Crippen molar-refractivity contribution >= 4 is 27.6 Å². The van der Waals surface area contributed by atoms with Crippen molar-refractivity contribution in [1.82, 2.24) is 34.5 Å². The molecule has 0 aliphatic carbocycles. The van der Waals surface area contributed by atoms with Crippen LogP contribution in [0.1, 0.15) is 25.6 Å². The van der Waals surface area contributed by atoms with Gasteiger partial charge < -0.3 is 9.47 Å². The van der Waals surface area contributed by atoms with Gasteiger partial charge in [-0.05, 0) is 25.1 Å². The standard InChI is InChI=1S/C22H25ClN8O4S/c1-13(20-24-11-15(23)12-25-20)14(2)36(32,33)29-22-27-26-21(16-9-10-30(3)28-16)31(22)19-17(34-4)7-6-8-18(19)35-5/h6-14H,1-5H3,(H,27,29)/t13-,14-/m1/s1. The van der Waals surface area contributed by atoms with Gasteiger partial charge in [0.05, 0.1) is 24.5 Å². The van der Waals surface area contributed by atoms with Crippen LogP contribution < -0.4 is 14.2 Å². The van der Waals surface area contributed by atoms with Crippen LogP contribution in [0.5, 0.6) is 11.5 Å². The molecule has 1 N–H and O–H groups in total. The number of aryl methyl sites for hydroxylation is 1. The maximum atomic E-state index is 13.5. The quantitative estimate of drug-likeness (QED) is 0.344. The van der Waals surface area contributed by atoms with Gasteiger partial charge in [-0.25, -0.2) is 18.4 Å². The number of halogens is 1. The van der Waals surface area contributed by atoms with E-state index in [9.17, 15) is 8.42 Å². The number of anilines is 1. The van der Waals surface area contributed by atoms with Crippen molar-refractivity contribution in [3.8, 4) is 28.7 Å². The van der Waals surface area contributed by atoms with Gasteiger partial charge in [-0.3, -0.25) is 14.0 Å². The molecule has 3 aromatic heterocycles. The van der Waals surface area contributed by atoms with Gasteiger partial charge >= 0.3 is 0 Å². The molecule has 190 valence electrons. The van der Waals surface area contributed by atoms with Crippen LogP contribution in [-0.4, -0.2) is 62.4 Å². The number of hydrogen-bond donors (Lipinski definition) is 1. The Morgan fingerprint density at radius 2 is 1.67 bits per heavy atom. The van der Waals surface area contributed by atoms with Crippen LogP contribution in [0.3, 0.4) is 0 Å². The first kappa shape index (κ1) is 25.4. The van der Waals surface area contributed by atoms with E-state index in [1.54, 1.807) is 56.0 Å². The number of sulfonamides is 1. The monoisotopic (exact) mass is 532 g/mol. The van der Waals surface area contributed by atoms with Crippen LogP contribution >= 0.6 is 11.6 Å². The zero-order valence-electron chi connectivity index (χ0n) is 20.2. The molecular weight excluding hydrogens is 508 g/mol. The molecule has 4 rings (SSSR count). The van der Waals surface area contributed by atoms with Crippen LogP contribution in [0.25, 0.3) is 17.2 Å². The fourth-order valence-corrected chi connectivity index (χ4v) is 4.90. The second-order valence-electron chi connectivity index (χ2n) is 7.97. The smallest absolute Gasteiger partial charge is 0.243 e. The molecule has 0 aliphatic rings. The van der Waals surface area contributed by atoms with Crippen LogP contribution in [-0.2, 0) is 17.1 Å². The van der Waals surface area contributed by atoms with Gasteiger partial charge in [0.2, 0.25) is 16.0 Å². The lowest BCUT2D eigenvalue weighted by Crippen LogP contribution is -2.31. The summed E-state index contributed by atoms with van der Waals surface area (Å²) in [5.74, 6) is 0.865. The molecule has 1 aromatic carbocycles. The predicted molar refractivity (Wildman–Crippen MR) is 134 cm³/mol. The van der Waals surface area contributed by atoms with E-state index in [1.807, 2.05) is 0 Å². The topological polar surface area (TPSA) is 139 Å². The molecule has 0 amide bonds. The van der Waals surface area contributed by atoms with Crippen LogP contribution in [0, 0.1) is 0 Å². The highest BCUT2D eigenvalue weighted by molar-refractivity contribution is 7.93. The molecule has 0 unspecified atom stereocenters. The third kappa shape index (κ3) is 4.84. The van der Waals surface area contributed by atoms with Crippen molar-refractivity contribution in [2.75, 3.05) is 18.9 Å². The molecule has 2 atom stereocenters. The summed E-state index contributed by atoms with van der Waals surface area (Å²) in [5, 5.41) is 12.2. The van der Waals surface area contributed by atoms with Crippen molar-refractivity contribution in [1.29, 1.82) is 0 Å². The number of nitrogens with zero attached hydrogens (tertiary/aromatic N) is 7. The Bertz CT molecular complexity index is 1450. The number of para-hydroxylation sites is 1. The van der Waals surface area contributed by atoms with Gasteiger partial charge in [-0.2, -0.15) is 5.10 Å². The highest BCUT2D eigenvalue weighted by atomic mass is 35.5. The second kappa shape index (κ2) is 10.1. The maximum absolute atomic E-state index is 13.5. The van der Waals surface area contributed by atoms with Gasteiger partial charge in [-0.1, -0.05) is 24.6 Å². The summed E-state index contributed by atoms with van der Waals surface area (Å²) in [4.78, 5) is 8.33. The van der Waals surface area contributed by atoms with Gasteiger partial charge in [-0.15, -0.1) is 10.2 Å². The number of rotatable bonds is 9. The average Bonchev–Trinajstić information content (AvgIpc) is 3.48. The number of nitrogens with one attached hydrogen (secondary N) is 1. The van der Waals surface area contributed by atoms with Crippen molar-refractivity contribution in [3.63, 3.8) is 0 Å². The van der Waals surface area contributed by atoms with Crippen LogP contribution in [0.2, 0.25) is 5.02 Å². The maximum Gasteiger partial charge on any atom is 0.243 e. The fourth-order valence-electron chi connectivity index (χ4n) is 3.57. The van der Waals surface area contributed by atoms with E-state index < -0.39 is 21.2 Å². The van der Waals surface area contributed by atoms with E-state index in [1.165, 1.54) is 31.2 Å². The summed E-state index contributed by atoms with van der Waals surface area (Å²) < 4.78 is 43.7. The second-order valence-corrected chi connectivity index (χ2v) is 10.4. The number of ether oxygens (including phenoxy) is 2. The highest BCUT2D eigenvalue weighted by Gasteiger charge is 2.32. The molecule has 0 fully saturated rings.